The molecular formula is C9H6BrFN2O. The van der Waals surface area contributed by atoms with E-state index in [1.807, 2.05) is 0 Å². The highest BCUT2D eigenvalue weighted by molar-refractivity contribution is 9.10. The minimum Gasteiger partial charge on any atom is -0.367 e. The lowest BCUT2D eigenvalue weighted by Crippen LogP contribution is -1.86. The molecule has 0 aliphatic heterocycles. The molecule has 1 aromatic carbocycles. The van der Waals surface area contributed by atoms with Crippen molar-refractivity contribution in [2.24, 2.45) is 0 Å². The molecule has 1 aromatic heterocycles. The van der Waals surface area contributed by atoms with Crippen LogP contribution in [-0.4, -0.2) is 5.16 Å². The fourth-order valence-electron chi connectivity index (χ4n) is 1.13. The first-order valence-electron chi connectivity index (χ1n) is 3.84. The van der Waals surface area contributed by atoms with Gasteiger partial charge in [0.2, 0.25) is 5.88 Å². The molecule has 0 fully saturated rings. The van der Waals surface area contributed by atoms with Gasteiger partial charge in [0, 0.05) is 0 Å². The van der Waals surface area contributed by atoms with Gasteiger partial charge in [-0.15, -0.1) is 0 Å². The van der Waals surface area contributed by atoms with Gasteiger partial charge in [-0.25, -0.2) is 4.39 Å². The van der Waals surface area contributed by atoms with Gasteiger partial charge in [-0.3, -0.25) is 0 Å². The van der Waals surface area contributed by atoms with Crippen molar-refractivity contribution in [2.45, 2.75) is 0 Å². The molecule has 0 saturated heterocycles. The third-order valence-electron chi connectivity index (χ3n) is 1.83. The second-order valence-corrected chi connectivity index (χ2v) is 3.59. The summed E-state index contributed by atoms with van der Waals surface area (Å²) < 4.78 is 18.3. The van der Waals surface area contributed by atoms with E-state index in [4.69, 9.17) is 5.73 Å². The monoisotopic (exact) mass is 256 g/mol. The molecule has 2 rings (SSSR count). The molecule has 0 saturated carbocycles. The third kappa shape index (κ3) is 1.50. The first kappa shape index (κ1) is 9.21. The lowest BCUT2D eigenvalue weighted by Gasteiger charge is -1.99. The van der Waals surface area contributed by atoms with E-state index < -0.39 is 0 Å². The Labute approximate surface area is 87.8 Å². The fraction of sp³-hybridized carbons (Fsp3) is 0. The zero-order chi connectivity index (χ0) is 10.1. The molecule has 72 valence electrons. The van der Waals surface area contributed by atoms with Crippen molar-refractivity contribution in [3.05, 3.63) is 34.7 Å². The predicted molar refractivity (Wildman–Crippen MR) is 54.0 cm³/mol. The number of nitrogen functional groups attached to an aromatic ring is 1. The van der Waals surface area contributed by atoms with Gasteiger partial charge in [-0.1, -0.05) is 11.2 Å². The Hall–Kier alpha value is -1.36. The molecular weight excluding hydrogens is 251 g/mol. The molecule has 0 bridgehead atoms. The Balaban J connectivity index is 2.53. The van der Waals surface area contributed by atoms with Crippen molar-refractivity contribution in [1.29, 1.82) is 0 Å². The van der Waals surface area contributed by atoms with Crippen molar-refractivity contribution in [3.8, 4) is 11.1 Å². The number of rotatable bonds is 1. The van der Waals surface area contributed by atoms with Crippen LogP contribution in [0, 0.1) is 5.82 Å². The summed E-state index contributed by atoms with van der Waals surface area (Å²) in [7, 11) is 0. The molecule has 2 N–H and O–H groups in total. The minimum absolute atomic E-state index is 0.187. The third-order valence-corrected chi connectivity index (χ3v) is 2.47. The molecule has 0 aliphatic rings. The second kappa shape index (κ2) is 3.42. The maximum absolute atomic E-state index is 13.2. The number of anilines is 1. The largest absolute Gasteiger partial charge is 0.367 e. The topological polar surface area (TPSA) is 52.0 Å². The number of hydrogen-bond donors (Lipinski definition) is 1. The molecule has 0 aliphatic carbocycles. The first-order valence-corrected chi connectivity index (χ1v) is 4.63. The number of nitrogens with zero attached hydrogens (tertiary/aromatic N) is 1. The summed E-state index contributed by atoms with van der Waals surface area (Å²) in [5.41, 5.74) is 6.73. The van der Waals surface area contributed by atoms with Gasteiger partial charge in [0.25, 0.3) is 0 Å². The van der Waals surface area contributed by atoms with E-state index in [2.05, 4.69) is 25.6 Å². The van der Waals surface area contributed by atoms with Crippen LogP contribution in [0.5, 0.6) is 0 Å². The number of halogens is 2. The molecule has 0 radical (unpaired) electrons. The van der Waals surface area contributed by atoms with Crippen LogP contribution in [0.15, 0.2) is 33.4 Å². The molecule has 0 unspecified atom stereocenters. The standard InChI is InChI=1S/C9H6BrFN2O/c10-7-2-1-5(3-8(7)11)6-4-13-14-9(6)12/h1-4H,12H2. The molecule has 1 heterocycles. The maximum atomic E-state index is 13.2. The summed E-state index contributed by atoms with van der Waals surface area (Å²) in [4.78, 5) is 0. The van der Waals surface area contributed by atoms with Crippen LogP contribution in [0.2, 0.25) is 0 Å². The van der Waals surface area contributed by atoms with E-state index in [0.29, 0.717) is 15.6 Å². The summed E-state index contributed by atoms with van der Waals surface area (Å²) in [5.74, 6) is -0.158. The highest BCUT2D eigenvalue weighted by atomic mass is 79.9. The van der Waals surface area contributed by atoms with Crippen LogP contribution < -0.4 is 5.73 Å². The number of hydrogen-bond acceptors (Lipinski definition) is 3. The molecule has 3 nitrogen and oxygen atoms in total. The van der Waals surface area contributed by atoms with Gasteiger partial charge in [0.15, 0.2) is 0 Å². The molecule has 2 aromatic rings. The predicted octanol–water partition coefficient (Wildman–Crippen LogP) is 2.83. The summed E-state index contributed by atoms with van der Waals surface area (Å²) in [6.07, 6.45) is 1.46. The first-order chi connectivity index (χ1) is 6.68. The Morgan fingerprint density at radius 1 is 1.43 bits per heavy atom. The minimum atomic E-state index is -0.344. The second-order valence-electron chi connectivity index (χ2n) is 2.73. The summed E-state index contributed by atoms with van der Waals surface area (Å²) in [6, 6.07) is 4.71. The van der Waals surface area contributed by atoms with Crippen LogP contribution in [0.25, 0.3) is 11.1 Å². The van der Waals surface area contributed by atoms with E-state index in [1.165, 1.54) is 12.3 Å². The van der Waals surface area contributed by atoms with Crippen molar-refractivity contribution in [3.63, 3.8) is 0 Å². The van der Waals surface area contributed by atoms with Crippen LogP contribution >= 0.6 is 15.9 Å². The number of aromatic nitrogens is 1. The van der Waals surface area contributed by atoms with Gasteiger partial charge < -0.3 is 10.3 Å². The van der Waals surface area contributed by atoms with E-state index in [9.17, 15) is 4.39 Å². The smallest absolute Gasteiger partial charge is 0.229 e. The van der Waals surface area contributed by atoms with Gasteiger partial charge in [0.1, 0.15) is 5.82 Å². The van der Waals surface area contributed by atoms with E-state index >= 15 is 0 Å². The molecule has 0 spiro atoms. The van der Waals surface area contributed by atoms with Crippen molar-refractivity contribution < 1.29 is 8.91 Å². The zero-order valence-electron chi connectivity index (χ0n) is 7.00. The van der Waals surface area contributed by atoms with E-state index in [-0.39, 0.29) is 11.7 Å². The van der Waals surface area contributed by atoms with Crippen molar-refractivity contribution in [1.82, 2.24) is 5.16 Å². The summed E-state index contributed by atoms with van der Waals surface area (Å²) in [6.45, 7) is 0. The highest BCUT2D eigenvalue weighted by Crippen LogP contribution is 2.28. The van der Waals surface area contributed by atoms with Crippen LogP contribution in [0.4, 0.5) is 10.3 Å². The highest BCUT2D eigenvalue weighted by Gasteiger charge is 2.08. The molecule has 5 heteroatoms. The van der Waals surface area contributed by atoms with Crippen molar-refractivity contribution in [2.75, 3.05) is 5.73 Å². The molecule has 0 atom stereocenters. The van der Waals surface area contributed by atoms with Crippen molar-refractivity contribution >= 4 is 21.8 Å². The lowest BCUT2D eigenvalue weighted by molar-refractivity contribution is 0.436. The average Bonchev–Trinajstić information content (AvgIpc) is 2.57. The SMILES string of the molecule is Nc1oncc1-c1ccc(Br)c(F)c1. The zero-order valence-corrected chi connectivity index (χ0v) is 8.58. The van der Waals surface area contributed by atoms with Crippen LogP contribution in [0.1, 0.15) is 0 Å². The fourth-order valence-corrected chi connectivity index (χ4v) is 1.38. The van der Waals surface area contributed by atoms with Gasteiger partial charge in [0.05, 0.1) is 16.2 Å². The Bertz CT molecular complexity index is 470. The number of benzene rings is 1. The van der Waals surface area contributed by atoms with Gasteiger partial charge in [-0.2, -0.15) is 0 Å². The van der Waals surface area contributed by atoms with Crippen LogP contribution in [0.3, 0.4) is 0 Å². The lowest BCUT2D eigenvalue weighted by atomic mass is 10.1. The van der Waals surface area contributed by atoms with E-state index in [0.717, 1.165) is 0 Å². The normalized spacial score (nSPS) is 10.4. The number of nitrogens with two attached hydrogens (primary N) is 1. The quantitative estimate of drug-likeness (QED) is 0.854. The van der Waals surface area contributed by atoms with Gasteiger partial charge in [-0.05, 0) is 33.6 Å². The summed E-state index contributed by atoms with van der Waals surface area (Å²) in [5, 5.41) is 3.52. The Morgan fingerprint density at radius 2 is 2.21 bits per heavy atom. The van der Waals surface area contributed by atoms with Crippen LogP contribution in [-0.2, 0) is 0 Å². The van der Waals surface area contributed by atoms with Gasteiger partial charge >= 0.3 is 0 Å². The maximum Gasteiger partial charge on any atom is 0.229 e. The average molecular weight is 257 g/mol. The Morgan fingerprint density at radius 3 is 2.79 bits per heavy atom. The molecule has 14 heavy (non-hydrogen) atoms. The Kier molecular flexibility index (Phi) is 2.25. The van der Waals surface area contributed by atoms with E-state index in [1.54, 1.807) is 12.1 Å². The summed E-state index contributed by atoms with van der Waals surface area (Å²) >= 11 is 3.07. The molecule has 0 amide bonds.